The molecule has 0 fully saturated rings. The second kappa shape index (κ2) is 8.10. The van der Waals surface area contributed by atoms with Crippen LogP contribution in [0.5, 0.6) is 5.75 Å². The van der Waals surface area contributed by atoms with Crippen LogP contribution in [-0.4, -0.2) is 21.6 Å². The molecule has 0 bridgehead atoms. The van der Waals surface area contributed by atoms with Crippen LogP contribution in [0.2, 0.25) is 0 Å². The van der Waals surface area contributed by atoms with Crippen molar-refractivity contribution in [3.63, 3.8) is 0 Å². The van der Waals surface area contributed by atoms with Gasteiger partial charge in [-0.3, -0.25) is 4.98 Å². The molecule has 2 heterocycles. The Balaban J connectivity index is 1.68. The maximum absolute atomic E-state index is 5.45. The Bertz CT molecular complexity index is 806. The van der Waals surface area contributed by atoms with Gasteiger partial charge in [0.25, 0.3) is 0 Å². The minimum atomic E-state index is 0.657. The van der Waals surface area contributed by atoms with E-state index in [1.165, 1.54) is 0 Å². The molecule has 25 heavy (non-hydrogen) atoms. The fraction of sp³-hybridized carbons (Fsp3) is 0.211. The van der Waals surface area contributed by atoms with E-state index in [2.05, 4.69) is 25.6 Å². The van der Waals surface area contributed by atoms with Crippen molar-refractivity contribution in [2.45, 2.75) is 20.4 Å². The number of nitrogens with zero attached hydrogens (tertiary/aromatic N) is 3. The first-order valence-electron chi connectivity index (χ1n) is 8.21. The summed E-state index contributed by atoms with van der Waals surface area (Å²) >= 11 is 0. The van der Waals surface area contributed by atoms with Gasteiger partial charge >= 0.3 is 0 Å². The van der Waals surface area contributed by atoms with Crippen LogP contribution in [0.15, 0.2) is 54.9 Å². The maximum atomic E-state index is 5.45. The molecule has 0 aliphatic heterocycles. The first-order valence-corrected chi connectivity index (χ1v) is 8.21. The summed E-state index contributed by atoms with van der Waals surface area (Å²) < 4.78 is 5.45. The molecule has 6 nitrogen and oxygen atoms in total. The molecule has 0 aliphatic carbocycles. The third kappa shape index (κ3) is 4.91. The van der Waals surface area contributed by atoms with E-state index in [1.54, 1.807) is 6.20 Å². The number of anilines is 3. The van der Waals surface area contributed by atoms with Gasteiger partial charge in [0.1, 0.15) is 23.2 Å². The smallest absolute Gasteiger partial charge is 0.136 e. The molecule has 0 saturated heterocycles. The molecule has 0 radical (unpaired) electrons. The zero-order chi connectivity index (χ0) is 17.5. The molecule has 3 aromatic rings. The molecule has 2 N–H and O–H groups in total. The minimum absolute atomic E-state index is 0.657. The Morgan fingerprint density at radius 2 is 1.84 bits per heavy atom. The van der Waals surface area contributed by atoms with E-state index in [-0.39, 0.29) is 0 Å². The van der Waals surface area contributed by atoms with E-state index in [0.717, 1.165) is 28.6 Å². The summed E-state index contributed by atoms with van der Waals surface area (Å²) in [6, 6.07) is 13.6. The van der Waals surface area contributed by atoms with Crippen LogP contribution in [-0.2, 0) is 6.54 Å². The van der Waals surface area contributed by atoms with Crippen LogP contribution in [0, 0.1) is 6.92 Å². The van der Waals surface area contributed by atoms with Crippen LogP contribution >= 0.6 is 0 Å². The van der Waals surface area contributed by atoms with Crippen LogP contribution in [0.25, 0.3) is 0 Å². The highest BCUT2D eigenvalue weighted by molar-refractivity contribution is 5.60. The largest absolute Gasteiger partial charge is 0.494 e. The Morgan fingerprint density at radius 3 is 2.56 bits per heavy atom. The molecule has 0 unspecified atom stereocenters. The first kappa shape index (κ1) is 16.7. The van der Waals surface area contributed by atoms with Gasteiger partial charge in [-0.1, -0.05) is 6.07 Å². The van der Waals surface area contributed by atoms with E-state index in [1.807, 2.05) is 62.5 Å². The number of hydrogen-bond donors (Lipinski definition) is 2. The molecule has 128 valence electrons. The number of aryl methyl sites for hydroxylation is 1. The van der Waals surface area contributed by atoms with Crippen molar-refractivity contribution >= 4 is 17.3 Å². The molecule has 3 rings (SSSR count). The molecule has 1 aromatic carbocycles. The van der Waals surface area contributed by atoms with E-state index >= 15 is 0 Å². The van der Waals surface area contributed by atoms with E-state index in [4.69, 9.17) is 4.74 Å². The number of benzene rings is 1. The van der Waals surface area contributed by atoms with E-state index in [0.29, 0.717) is 19.0 Å². The van der Waals surface area contributed by atoms with Crippen molar-refractivity contribution in [3.05, 3.63) is 66.2 Å². The Labute approximate surface area is 147 Å². The average Bonchev–Trinajstić information content (AvgIpc) is 2.62. The summed E-state index contributed by atoms with van der Waals surface area (Å²) in [7, 11) is 0. The summed E-state index contributed by atoms with van der Waals surface area (Å²) in [6.45, 7) is 5.16. The monoisotopic (exact) mass is 335 g/mol. The van der Waals surface area contributed by atoms with Crippen molar-refractivity contribution in [1.82, 2.24) is 15.0 Å². The summed E-state index contributed by atoms with van der Waals surface area (Å²) in [4.78, 5) is 13.0. The number of aromatic nitrogens is 3. The third-order valence-electron chi connectivity index (χ3n) is 3.47. The minimum Gasteiger partial charge on any atom is -0.494 e. The SMILES string of the molecule is CCOc1ccc(Nc2cc(NCc3cccnc3)nc(C)n2)cc1. The van der Waals surface area contributed by atoms with Gasteiger partial charge in [0, 0.05) is 30.7 Å². The molecular weight excluding hydrogens is 314 g/mol. The first-order chi connectivity index (χ1) is 12.2. The highest BCUT2D eigenvalue weighted by Gasteiger charge is 2.03. The fourth-order valence-electron chi connectivity index (χ4n) is 2.37. The molecule has 0 saturated carbocycles. The van der Waals surface area contributed by atoms with E-state index in [9.17, 15) is 0 Å². The lowest BCUT2D eigenvalue weighted by Gasteiger charge is -2.11. The zero-order valence-corrected chi connectivity index (χ0v) is 14.4. The predicted molar refractivity (Wildman–Crippen MR) is 99.2 cm³/mol. The second-order valence-electron chi connectivity index (χ2n) is 5.48. The highest BCUT2D eigenvalue weighted by Crippen LogP contribution is 2.20. The Hall–Kier alpha value is -3.15. The van der Waals surface area contributed by atoms with Crippen molar-refractivity contribution in [2.24, 2.45) is 0 Å². The molecule has 0 spiro atoms. The number of pyridine rings is 1. The molecule has 6 heteroatoms. The van der Waals surface area contributed by atoms with Crippen LogP contribution in [0.3, 0.4) is 0 Å². The average molecular weight is 335 g/mol. The molecule has 0 atom stereocenters. The summed E-state index contributed by atoms with van der Waals surface area (Å²) in [6.07, 6.45) is 3.59. The van der Waals surface area contributed by atoms with Crippen molar-refractivity contribution in [2.75, 3.05) is 17.2 Å². The number of ether oxygens (including phenoxy) is 1. The van der Waals surface area contributed by atoms with Crippen molar-refractivity contribution < 1.29 is 4.74 Å². The van der Waals surface area contributed by atoms with Gasteiger partial charge in [0.05, 0.1) is 6.61 Å². The van der Waals surface area contributed by atoms with Gasteiger partial charge in [-0.25, -0.2) is 9.97 Å². The summed E-state index contributed by atoms with van der Waals surface area (Å²) in [5.41, 5.74) is 2.04. The lowest BCUT2D eigenvalue weighted by Crippen LogP contribution is -2.05. The maximum Gasteiger partial charge on any atom is 0.136 e. The topological polar surface area (TPSA) is 72.0 Å². The normalized spacial score (nSPS) is 10.3. The predicted octanol–water partition coefficient (Wildman–Crippen LogP) is 3.93. The second-order valence-corrected chi connectivity index (χ2v) is 5.48. The number of rotatable bonds is 7. The van der Waals surface area contributed by atoms with Gasteiger partial charge in [-0.15, -0.1) is 0 Å². The lowest BCUT2D eigenvalue weighted by atomic mass is 10.3. The highest BCUT2D eigenvalue weighted by atomic mass is 16.5. The molecule has 0 aliphatic rings. The van der Waals surface area contributed by atoms with Crippen LogP contribution < -0.4 is 15.4 Å². The van der Waals surface area contributed by atoms with Gasteiger partial charge in [-0.2, -0.15) is 0 Å². The quantitative estimate of drug-likeness (QED) is 0.681. The van der Waals surface area contributed by atoms with Gasteiger partial charge < -0.3 is 15.4 Å². The summed E-state index contributed by atoms with van der Waals surface area (Å²) in [5, 5.41) is 6.60. The van der Waals surface area contributed by atoms with Crippen LogP contribution in [0.4, 0.5) is 17.3 Å². The Kier molecular flexibility index (Phi) is 5.41. The third-order valence-corrected chi connectivity index (χ3v) is 3.47. The summed E-state index contributed by atoms with van der Waals surface area (Å²) in [5.74, 6) is 3.06. The number of hydrogen-bond acceptors (Lipinski definition) is 6. The standard InChI is InChI=1S/C19H21N5O/c1-3-25-17-8-6-16(7-9-17)24-19-11-18(22-14(2)23-19)21-13-15-5-4-10-20-12-15/h4-12H,3,13H2,1-2H3,(H2,21,22,23,24). The van der Waals surface area contributed by atoms with Gasteiger partial charge in [0.15, 0.2) is 0 Å². The van der Waals surface area contributed by atoms with Gasteiger partial charge in [0.2, 0.25) is 0 Å². The molecule has 2 aromatic heterocycles. The van der Waals surface area contributed by atoms with Gasteiger partial charge in [-0.05, 0) is 49.7 Å². The fourth-order valence-corrected chi connectivity index (χ4v) is 2.37. The molecular formula is C19H21N5O. The van der Waals surface area contributed by atoms with Crippen molar-refractivity contribution in [3.8, 4) is 5.75 Å². The zero-order valence-electron chi connectivity index (χ0n) is 14.4. The van der Waals surface area contributed by atoms with Crippen molar-refractivity contribution in [1.29, 1.82) is 0 Å². The van der Waals surface area contributed by atoms with E-state index < -0.39 is 0 Å². The molecule has 0 amide bonds. The van der Waals surface area contributed by atoms with Crippen LogP contribution in [0.1, 0.15) is 18.3 Å². The number of nitrogens with one attached hydrogen (secondary N) is 2. The lowest BCUT2D eigenvalue weighted by molar-refractivity contribution is 0.340. The Morgan fingerprint density at radius 1 is 1.04 bits per heavy atom.